The maximum atomic E-state index is 13.6. The summed E-state index contributed by atoms with van der Waals surface area (Å²) in [4.78, 5) is 28.4. The number of carbonyl (C=O) groups is 2. The standard InChI is InChI=1S/C24H25Cl2N5O4S3/c25-17-11-21(37-22(17)26)38(34,35)31(13-20(32)29-8-6-15-4-2-1-3-5-15)18-7-9-30(24(18)33)12-16-10-19(23(27)28)36-14-16/h1-5,10-11,14,18H,6-9,12-13H2,(H3,27,28)(H,29,32)/t18-/m0/s1. The number of hydrogen-bond donors (Lipinski definition) is 3. The van der Waals surface area contributed by atoms with Crippen LogP contribution in [-0.4, -0.2) is 60.9 Å². The Kier molecular flexibility index (Phi) is 9.11. The van der Waals surface area contributed by atoms with E-state index < -0.39 is 34.4 Å². The molecule has 3 aromatic rings. The molecule has 4 N–H and O–H groups in total. The highest BCUT2D eigenvalue weighted by molar-refractivity contribution is 7.91. The average Bonchev–Trinajstić information content (AvgIpc) is 3.59. The summed E-state index contributed by atoms with van der Waals surface area (Å²) in [5.41, 5.74) is 7.36. The summed E-state index contributed by atoms with van der Waals surface area (Å²) in [5.74, 6) is -0.987. The quantitative estimate of drug-likeness (QED) is 0.224. The van der Waals surface area contributed by atoms with Crippen molar-refractivity contribution in [2.75, 3.05) is 19.6 Å². The number of likely N-dealkylation sites (tertiary alicyclic amines) is 1. The molecule has 3 heterocycles. The minimum absolute atomic E-state index is 0.0595. The van der Waals surface area contributed by atoms with Crippen molar-refractivity contribution in [2.24, 2.45) is 5.73 Å². The summed E-state index contributed by atoms with van der Waals surface area (Å²) in [5, 5.41) is 12.2. The fourth-order valence-corrected chi connectivity index (χ4v) is 8.43. The van der Waals surface area contributed by atoms with Gasteiger partial charge in [-0.25, -0.2) is 8.42 Å². The predicted molar refractivity (Wildman–Crippen MR) is 151 cm³/mol. The van der Waals surface area contributed by atoms with E-state index in [9.17, 15) is 18.0 Å². The molecule has 38 heavy (non-hydrogen) atoms. The molecule has 1 atom stereocenters. The van der Waals surface area contributed by atoms with E-state index >= 15 is 0 Å². The van der Waals surface area contributed by atoms with E-state index in [4.69, 9.17) is 34.3 Å². The topological polar surface area (TPSA) is 137 Å². The lowest BCUT2D eigenvalue weighted by molar-refractivity contribution is -0.131. The van der Waals surface area contributed by atoms with Crippen molar-refractivity contribution in [1.29, 1.82) is 5.41 Å². The van der Waals surface area contributed by atoms with Gasteiger partial charge in [0.1, 0.15) is 20.4 Å². The SMILES string of the molecule is N=C(N)c1cc(CN2CC[C@H](N(CC(=O)NCCc3ccccc3)S(=O)(=O)c3cc(Cl)c(Cl)s3)C2=O)cs1. The van der Waals surface area contributed by atoms with E-state index in [0.29, 0.717) is 24.4 Å². The van der Waals surface area contributed by atoms with Gasteiger partial charge in [-0.05, 0) is 41.5 Å². The fraction of sp³-hybridized carbons (Fsp3) is 0.292. The average molecular weight is 615 g/mol. The molecule has 0 radical (unpaired) electrons. The Hall–Kier alpha value is -2.48. The second-order valence-electron chi connectivity index (χ2n) is 8.62. The Balaban J connectivity index is 1.51. The number of rotatable bonds is 11. The molecule has 1 aliphatic rings. The Morgan fingerprint density at radius 2 is 1.95 bits per heavy atom. The van der Waals surface area contributed by atoms with E-state index in [1.807, 2.05) is 35.7 Å². The molecule has 4 rings (SSSR count). The molecule has 14 heteroatoms. The summed E-state index contributed by atoms with van der Waals surface area (Å²) in [6.07, 6.45) is 0.792. The van der Waals surface area contributed by atoms with Crippen LogP contribution in [-0.2, 0) is 32.6 Å². The fourth-order valence-electron chi connectivity index (χ4n) is 4.09. The van der Waals surface area contributed by atoms with Gasteiger partial charge in [-0.2, -0.15) is 4.31 Å². The molecule has 9 nitrogen and oxygen atoms in total. The number of hydrogen-bond acceptors (Lipinski definition) is 7. The van der Waals surface area contributed by atoms with Crippen LogP contribution < -0.4 is 11.1 Å². The van der Waals surface area contributed by atoms with E-state index in [1.165, 1.54) is 17.4 Å². The van der Waals surface area contributed by atoms with Crippen LogP contribution in [0.2, 0.25) is 9.36 Å². The van der Waals surface area contributed by atoms with Crippen molar-refractivity contribution in [3.05, 3.63) is 73.2 Å². The van der Waals surface area contributed by atoms with Gasteiger partial charge in [0.15, 0.2) is 0 Å². The zero-order chi connectivity index (χ0) is 27.4. The highest BCUT2D eigenvalue weighted by Gasteiger charge is 2.43. The number of nitrogen functional groups attached to an aromatic ring is 1. The highest BCUT2D eigenvalue weighted by atomic mass is 35.5. The number of nitrogens with two attached hydrogens (primary N) is 1. The number of thiophene rings is 2. The molecular weight excluding hydrogens is 589 g/mol. The molecular formula is C24H25Cl2N5O4S3. The first-order valence-corrected chi connectivity index (χ1v) is 15.4. The minimum Gasteiger partial charge on any atom is -0.383 e. The number of amides is 2. The summed E-state index contributed by atoms with van der Waals surface area (Å²) in [6.45, 7) is 0.339. The molecule has 1 aromatic carbocycles. The molecule has 1 saturated heterocycles. The van der Waals surface area contributed by atoms with Crippen molar-refractivity contribution in [3.8, 4) is 0 Å². The molecule has 202 valence electrons. The molecule has 2 amide bonds. The van der Waals surface area contributed by atoms with Crippen LogP contribution in [0.15, 0.2) is 52.1 Å². The van der Waals surface area contributed by atoms with Gasteiger partial charge in [0.05, 0.1) is 16.4 Å². The molecule has 1 fully saturated rings. The van der Waals surface area contributed by atoms with Gasteiger partial charge in [-0.3, -0.25) is 15.0 Å². The lowest BCUT2D eigenvalue weighted by atomic mass is 10.1. The minimum atomic E-state index is -4.26. The number of amidine groups is 1. The van der Waals surface area contributed by atoms with Crippen LogP contribution in [0.5, 0.6) is 0 Å². The van der Waals surface area contributed by atoms with Crippen molar-refractivity contribution >= 4 is 73.5 Å². The van der Waals surface area contributed by atoms with Gasteiger partial charge in [0.25, 0.3) is 10.0 Å². The Morgan fingerprint density at radius 3 is 2.58 bits per heavy atom. The Bertz CT molecular complexity index is 1420. The van der Waals surface area contributed by atoms with Crippen LogP contribution in [0.4, 0.5) is 0 Å². The second-order valence-corrected chi connectivity index (χ2v) is 13.7. The molecule has 0 unspecified atom stereocenters. The van der Waals surface area contributed by atoms with Gasteiger partial charge in [0.2, 0.25) is 11.8 Å². The van der Waals surface area contributed by atoms with Gasteiger partial charge in [-0.1, -0.05) is 53.5 Å². The summed E-state index contributed by atoms with van der Waals surface area (Å²) < 4.78 is 28.2. The first kappa shape index (κ1) is 28.5. The summed E-state index contributed by atoms with van der Waals surface area (Å²) in [6, 6.07) is 11.5. The van der Waals surface area contributed by atoms with Crippen molar-refractivity contribution in [2.45, 2.75) is 29.6 Å². The van der Waals surface area contributed by atoms with E-state index in [1.54, 1.807) is 11.0 Å². The zero-order valence-corrected chi connectivity index (χ0v) is 24.0. The number of benzene rings is 1. The lowest BCUT2D eigenvalue weighted by Crippen LogP contribution is -2.49. The van der Waals surface area contributed by atoms with Gasteiger partial charge >= 0.3 is 0 Å². The summed E-state index contributed by atoms with van der Waals surface area (Å²) in [7, 11) is -4.26. The van der Waals surface area contributed by atoms with Crippen molar-refractivity contribution in [1.82, 2.24) is 14.5 Å². The second kappa shape index (κ2) is 12.1. The number of nitrogens with zero attached hydrogens (tertiary/aromatic N) is 2. The molecule has 0 saturated carbocycles. The number of nitrogens with one attached hydrogen (secondary N) is 2. The third-order valence-corrected chi connectivity index (χ3v) is 11.2. The van der Waals surface area contributed by atoms with E-state index in [0.717, 1.165) is 26.8 Å². The largest absolute Gasteiger partial charge is 0.383 e. The Labute approximate surface area is 238 Å². The third kappa shape index (κ3) is 6.56. The normalized spacial score (nSPS) is 15.8. The maximum absolute atomic E-state index is 13.6. The number of sulfonamides is 1. The predicted octanol–water partition coefficient (Wildman–Crippen LogP) is 3.55. The molecule has 0 bridgehead atoms. The van der Waals surface area contributed by atoms with E-state index in [-0.39, 0.29) is 32.4 Å². The van der Waals surface area contributed by atoms with Crippen LogP contribution in [0.3, 0.4) is 0 Å². The van der Waals surface area contributed by atoms with Gasteiger partial charge in [-0.15, -0.1) is 22.7 Å². The van der Waals surface area contributed by atoms with Crippen LogP contribution in [0.1, 0.15) is 22.4 Å². The van der Waals surface area contributed by atoms with Crippen molar-refractivity contribution in [3.63, 3.8) is 0 Å². The molecule has 1 aliphatic heterocycles. The molecule has 0 spiro atoms. The number of carbonyl (C=O) groups excluding carboxylic acids is 2. The van der Waals surface area contributed by atoms with Crippen molar-refractivity contribution < 1.29 is 18.0 Å². The van der Waals surface area contributed by atoms with Crippen LogP contribution in [0.25, 0.3) is 0 Å². The molecule has 0 aliphatic carbocycles. The third-order valence-electron chi connectivity index (χ3n) is 5.97. The maximum Gasteiger partial charge on any atom is 0.253 e. The zero-order valence-electron chi connectivity index (χ0n) is 20.0. The summed E-state index contributed by atoms with van der Waals surface area (Å²) >= 11 is 14.1. The Morgan fingerprint density at radius 1 is 1.21 bits per heavy atom. The number of halogens is 2. The first-order chi connectivity index (χ1) is 18.1. The monoisotopic (exact) mass is 613 g/mol. The van der Waals surface area contributed by atoms with Crippen LogP contribution >= 0.6 is 45.9 Å². The first-order valence-electron chi connectivity index (χ1n) is 11.5. The smallest absolute Gasteiger partial charge is 0.253 e. The van der Waals surface area contributed by atoms with E-state index in [2.05, 4.69) is 5.32 Å². The molecule has 2 aromatic heterocycles. The lowest BCUT2D eigenvalue weighted by Gasteiger charge is -2.26. The van der Waals surface area contributed by atoms with Gasteiger partial charge in [0, 0.05) is 19.6 Å². The van der Waals surface area contributed by atoms with Gasteiger partial charge < -0.3 is 16.0 Å². The highest BCUT2D eigenvalue weighted by Crippen LogP contribution is 2.37. The van der Waals surface area contributed by atoms with Crippen LogP contribution in [0, 0.1) is 5.41 Å².